The summed E-state index contributed by atoms with van der Waals surface area (Å²) in [5, 5.41) is 12.5. The van der Waals surface area contributed by atoms with Crippen LogP contribution in [0.1, 0.15) is 17.0 Å². The number of hydrogen-bond donors (Lipinski definition) is 1. The summed E-state index contributed by atoms with van der Waals surface area (Å²) in [6.45, 7) is 5.98. The second kappa shape index (κ2) is 5.83. The zero-order valence-corrected chi connectivity index (χ0v) is 10.9. The van der Waals surface area contributed by atoms with Gasteiger partial charge in [-0.2, -0.15) is 5.26 Å². The Morgan fingerprint density at radius 2 is 1.88 bits per heavy atom. The molecule has 5 heteroatoms. The molecular formula is C11H16N4S. The van der Waals surface area contributed by atoms with Gasteiger partial charge in [-0.15, -0.1) is 0 Å². The number of nitriles is 1. The Hall–Kier alpha value is -1.12. The van der Waals surface area contributed by atoms with Gasteiger partial charge < -0.3 is 5.32 Å². The highest BCUT2D eigenvalue weighted by molar-refractivity contribution is 7.99. The normalized spacial score (nSPS) is 12.2. The molecule has 0 aliphatic carbocycles. The molecule has 0 saturated heterocycles. The summed E-state index contributed by atoms with van der Waals surface area (Å²) in [5.74, 6) is 0.662. The van der Waals surface area contributed by atoms with Crippen LogP contribution in [0.15, 0.2) is 5.16 Å². The van der Waals surface area contributed by atoms with E-state index in [-0.39, 0.29) is 6.04 Å². The van der Waals surface area contributed by atoms with Crippen LogP contribution in [0.5, 0.6) is 0 Å². The third kappa shape index (κ3) is 3.19. The van der Waals surface area contributed by atoms with E-state index in [2.05, 4.69) is 21.4 Å². The summed E-state index contributed by atoms with van der Waals surface area (Å²) >= 11 is 1.51. The largest absolute Gasteiger partial charge is 0.304 e. The lowest BCUT2D eigenvalue weighted by Gasteiger charge is -2.08. The summed E-state index contributed by atoms with van der Waals surface area (Å²) in [6, 6.07) is 2.02. The molecule has 0 amide bonds. The third-order valence-electron chi connectivity index (χ3n) is 2.50. The number of nitrogens with zero attached hydrogens (tertiary/aromatic N) is 3. The molecule has 16 heavy (non-hydrogen) atoms. The molecule has 4 nitrogen and oxygen atoms in total. The molecule has 0 aliphatic heterocycles. The monoisotopic (exact) mass is 236 g/mol. The lowest BCUT2D eigenvalue weighted by molar-refractivity contribution is 0.747. The Morgan fingerprint density at radius 1 is 1.31 bits per heavy atom. The lowest BCUT2D eigenvalue weighted by atomic mass is 10.2. The van der Waals surface area contributed by atoms with Crippen molar-refractivity contribution in [3.05, 3.63) is 17.0 Å². The Labute approximate surface area is 100 Å². The summed E-state index contributed by atoms with van der Waals surface area (Å²) in [5.41, 5.74) is 3.15. The van der Waals surface area contributed by atoms with Crippen molar-refractivity contribution in [2.45, 2.75) is 32.0 Å². The summed E-state index contributed by atoms with van der Waals surface area (Å²) in [4.78, 5) is 8.78. The average molecular weight is 236 g/mol. The van der Waals surface area contributed by atoms with E-state index in [1.54, 1.807) is 7.05 Å². The fraction of sp³-hybridized carbons (Fsp3) is 0.545. The molecule has 1 atom stereocenters. The van der Waals surface area contributed by atoms with Gasteiger partial charge in [0, 0.05) is 17.1 Å². The number of aryl methyl sites for hydroxylation is 2. The molecule has 0 fully saturated rings. The second-order valence-corrected chi connectivity index (χ2v) is 4.57. The molecule has 0 radical (unpaired) electrons. The minimum Gasteiger partial charge on any atom is -0.304 e. The summed E-state index contributed by atoms with van der Waals surface area (Å²) in [6.07, 6.45) is 0. The number of hydrogen-bond acceptors (Lipinski definition) is 5. The summed E-state index contributed by atoms with van der Waals surface area (Å²) in [7, 11) is 1.78. The van der Waals surface area contributed by atoms with E-state index in [1.807, 2.05) is 20.8 Å². The Balaban J connectivity index is 2.72. The van der Waals surface area contributed by atoms with Gasteiger partial charge in [-0.05, 0) is 33.4 Å². The number of rotatable bonds is 4. The van der Waals surface area contributed by atoms with E-state index in [0.29, 0.717) is 5.75 Å². The van der Waals surface area contributed by atoms with Crippen LogP contribution in [0.4, 0.5) is 0 Å². The van der Waals surface area contributed by atoms with Crippen molar-refractivity contribution in [1.82, 2.24) is 15.3 Å². The SMILES string of the molecule is CNC(C#N)CSc1nc(C)c(C)c(C)n1. The van der Waals surface area contributed by atoms with Crippen LogP contribution in [0.3, 0.4) is 0 Å². The molecule has 0 aromatic carbocycles. The van der Waals surface area contributed by atoms with Crippen LogP contribution in [-0.4, -0.2) is 28.8 Å². The second-order valence-electron chi connectivity index (χ2n) is 3.58. The molecule has 0 spiro atoms. The molecule has 1 heterocycles. The molecule has 1 aromatic rings. The highest BCUT2D eigenvalue weighted by Crippen LogP contribution is 2.17. The average Bonchev–Trinajstić information content (AvgIpc) is 2.27. The predicted octanol–water partition coefficient (Wildman–Crippen LogP) is 1.61. The van der Waals surface area contributed by atoms with Crippen LogP contribution in [0.25, 0.3) is 0 Å². The van der Waals surface area contributed by atoms with Crippen molar-refractivity contribution in [2.75, 3.05) is 12.8 Å². The van der Waals surface area contributed by atoms with Crippen LogP contribution < -0.4 is 5.32 Å². The van der Waals surface area contributed by atoms with Crippen molar-refractivity contribution in [2.24, 2.45) is 0 Å². The molecule has 0 bridgehead atoms. The Bertz CT molecular complexity index is 388. The summed E-state index contributed by atoms with van der Waals surface area (Å²) < 4.78 is 0. The number of aromatic nitrogens is 2. The van der Waals surface area contributed by atoms with Gasteiger partial charge >= 0.3 is 0 Å². The van der Waals surface area contributed by atoms with Crippen molar-refractivity contribution in [3.63, 3.8) is 0 Å². The van der Waals surface area contributed by atoms with Gasteiger partial charge in [0.25, 0.3) is 0 Å². The van der Waals surface area contributed by atoms with Crippen molar-refractivity contribution in [1.29, 1.82) is 5.26 Å². The zero-order chi connectivity index (χ0) is 12.1. The number of nitrogens with one attached hydrogen (secondary N) is 1. The maximum Gasteiger partial charge on any atom is 0.188 e. The highest BCUT2D eigenvalue weighted by atomic mass is 32.2. The van der Waals surface area contributed by atoms with E-state index >= 15 is 0 Å². The van der Waals surface area contributed by atoms with E-state index in [1.165, 1.54) is 11.8 Å². The standard InChI is InChI=1S/C11H16N4S/c1-7-8(2)14-11(15-9(7)3)16-6-10(5-12)13-4/h10,13H,6H2,1-4H3. The fourth-order valence-electron chi connectivity index (χ4n) is 1.15. The Kier molecular flexibility index (Phi) is 4.71. The minimum atomic E-state index is -0.157. The van der Waals surface area contributed by atoms with Gasteiger partial charge in [0.05, 0.1) is 6.07 Å². The van der Waals surface area contributed by atoms with Crippen molar-refractivity contribution in [3.8, 4) is 6.07 Å². The first-order valence-electron chi connectivity index (χ1n) is 5.10. The van der Waals surface area contributed by atoms with Gasteiger partial charge in [-0.25, -0.2) is 9.97 Å². The molecule has 1 N–H and O–H groups in total. The first-order valence-corrected chi connectivity index (χ1v) is 6.08. The highest BCUT2D eigenvalue weighted by Gasteiger charge is 2.08. The van der Waals surface area contributed by atoms with Crippen LogP contribution >= 0.6 is 11.8 Å². The molecule has 86 valence electrons. The van der Waals surface area contributed by atoms with Crippen LogP contribution in [-0.2, 0) is 0 Å². The van der Waals surface area contributed by atoms with Gasteiger partial charge in [0.1, 0.15) is 6.04 Å². The first kappa shape index (κ1) is 12.9. The topological polar surface area (TPSA) is 61.6 Å². The van der Waals surface area contributed by atoms with Gasteiger partial charge in [0.2, 0.25) is 0 Å². The maximum absolute atomic E-state index is 8.79. The molecule has 1 rings (SSSR count). The van der Waals surface area contributed by atoms with Crippen LogP contribution in [0, 0.1) is 32.1 Å². The fourth-order valence-corrected chi connectivity index (χ4v) is 2.11. The van der Waals surface area contributed by atoms with E-state index in [4.69, 9.17) is 5.26 Å². The molecule has 1 unspecified atom stereocenters. The predicted molar refractivity (Wildman–Crippen MR) is 65.4 cm³/mol. The van der Waals surface area contributed by atoms with Crippen LogP contribution in [0.2, 0.25) is 0 Å². The van der Waals surface area contributed by atoms with E-state index < -0.39 is 0 Å². The molecular weight excluding hydrogens is 220 g/mol. The maximum atomic E-state index is 8.79. The first-order chi connectivity index (χ1) is 7.58. The quantitative estimate of drug-likeness (QED) is 0.635. The van der Waals surface area contributed by atoms with Gasteiger partial charge in [-0.3, -0.25) is 0 Å². The number of thioether (sulfide) groups is 1. The van der Waals surface area contributed by atoms with Gasteiger partial charge in [-0.1, -0.05) is 11.8 Å². The zero-order valence-electron chi connectivity index (χ0n) is 10.0. The van der Waals surface area contributed by atoms with Crippen molar-refractivity contribution < 1.29 is 0 Å². The molecule has 0 aliphatic rings. The third-order valence-corrected chi connectivity index (χ3v) is 3.44. The molecule has 1 aromatic heterocycles. The van der Waals surface area contributed by atoms with E-state index in [0.717, 1.165) is 22.1 Å². The lowest BCUT2D eigenvalue weighted by Crippen LogP contribution is -2.25. The Morgan fingerprint density at radius 3 is 2.31 bits per heavy atom. The smallest absolute Gasteiger partial charge is 0.188 e. The van der Waals surface area contributed by atoms with E-state index in [9.17, 15) is 0 Å². The molecule has 0 saturated carbocycles. The van der Waals surface area contributed by atoms with Crippen molar-refractivity contribution >= 4 is 11.8 Å². The minimum absolute atomic E-state index is 0.157. The van der Waals surface area contributed by atoms with Gasteiger partial charge in [0.15, 0.2) is 5.16 Å².